The average Bonchev–Trinajstić information content (AvgIpc) is 2.20. The fourth-order valence-corrected chi connectivity index (χ4v) is 1.85. The van der Waals surface area contributed by atoms with Gasteiger partial charge in [-0.15, -0.1) is 0 Å². The van der Waals surface area contributed by atoms with E-state index in [-0.39, 0.29) is 5.54 Å². The van der Waals surface area contributed by atoms with Gasteiger partial charge in [0.25, 0.3) is 0 Å². The van der Waals surface area contributed by atoms with Gasteiger partial charge in [0.1, 0.15) is 0 Å². The lowest BCUT2D eigenvalue weighted by atomic mass is 9.88. The van der Waals surface area contributed by atoms with Crippen molar-refractivity contribution in [1.82, 2.24) is 0 Å². The maximum atomic E-state index is 6.27. The van der Waals surface area contributed by atoms with Crippen LogP contribution in [-0.2, 0) is 11.2 Å². The molecule has 0 aliphatic rings. The van der Waals surface area contributed by atoms with Gasteiger partial charge < -0.3 is 10.5 Å². The molecule has 0 bridgehead atoms. The number of benzene rings is 1. The van der Waals surface area contributed by atoms with Gasteiger partial charge in [-0.1, -0.05) is 23.8 Å². The summed E-state index contributed by atoms with van der Waals surface area (Å²) in [4.78, 5) is 0. The highest BCUT2D eigenvalue weighted by atomic mass is 16.5. The van der Waals surface area contributed by atoms with Crippen LogP contribution in [0.25, 0.3) is 0 Å². The Balaban J connectivity index is 2.74. The van der Waals surface area contributed by atoms with Gasteiger partial charge in [-0.25, -0.2) is 0 Å². The molecular formula is C14H23NO. The molecule has 0 spiro atoms. The molecule has 1 aromatic rings. The molecule has 0 aliphatic heterocycles. The maximum Gasteiger partial charge on any atom is 0.0479 e. The van der Waals surface area contributed by atoms with Gasteiger partial charge in [0, 0.05) is 19.3 Å². The van der Waals surface area contributed by atoms with Gasteiger partial charge in [0.05, 0.1) is 0 Å². The Hall–Kier alpha value is -0.860. The fourth-order valence-electron chi connectivity index (χ4n) is 1.85. The van der Waals surface area contributed by atoms with Crippen molar-refractivity contribution in [2.24, 2.45) is 5.73 Å². The largest absolute Gasteiger partial charge is 0.385 e. The van der Waals surface area contributed by atoms with Crippen molar-refractivity contribution < 1.29 is 4.74 Å². The number of ether oxygens (including phenoxy) is 1. The molecule has 1 atom stereocenters. The van der Waals surface area contributed by atoms with Crippen molar-refractivity contribution in [2.45, 2.75) is 39.2 Å². The van der Waals surface area contributed by atoms with E-state index < -0.39 is 0 Å². The number of methoxy groups -OCH3 is 1. The summed E-state index contributed by atoms with van der Waals surface area (Å²) < 4.78 is 5.09. The van der Waals surface area contributed by atoms with E-state index in [0.29, 0.717) is 0 Å². The summed E-state index contributed by atoms with van der Waals surface area (Å²) in [6, 6.07) is 6.53. The highest BCUT2D eigenvalue weighted by molar-refractivity contribution is 5.31. The highest BCUT2D eigenvalue weighted by Gasteiger charge is 2.19. The Morgan fingerprint density at radius 2 is 2.00 bits per heavy atom. The second kappa shape index (κ2) is 5.46. The molecule has 0 heterocycles. The lowest BCUT2D eigenvalue weighted by Crippen LogP contribution is -2.39. The molecule has 90 valence electrons. The molecule has 0 saturated heterocycles. The van der Waals surface area contributed by atoms with E-state index in [1.54, 1.807) is 7.11 Å². The van der Waals surface area contributed by atoms with Crippen LogP contribution in [0.4, 0.5) is 0 Å². The normalized spacial score (nSPS) is 14.8. The SMILES string of the molecule is COCCC(C)(N)Cc1cc(C)ccc1C. The summed E-state index contributed by atoms with van der Waals surface area (Å²) in [6.45, 7) is 7.07. The zero-order valence-corrected chi connectivity index (χ0v) is 10.8. The second-order valence-electron chi connectivity index (χ2n) is 5.00. The fraction of sp³-hybridized carbons (Fsp3) is 0.571. The van der Waals surface area contributed by atoms with Crippen LogP contribution in [0.3, 0.4) is 0 Å². The monoisotopic (exact) mass is 221 g/mol. The molecule has 1 unspecified atom stereocenters. The predicted molar refractivity (Wildman–Crippen MR) is 68.7 cm³/mol. The Kier molecular flexibility index (Phi) is 4.51. The molecule has 0 fully saturated rings. The molecule has 0 amide bonds. The van der Waals surface area contributed by atoms with Crippen molar-refractivity contribution in [3.63, 3.8) is 0 Å². The maximum absolute atomic E-state index is 6.27. The van der Waals surface area contributed by atoms with Crippen LogP contribution in [-0.4, -0.2) is 19.3 Å². The minimum Gasteiger partial charge on any atom is -0.385 e. The molecule has 2 N–H and O–H groups in total. The van der Waals surface area contributed by atoms with Crippen LogP contribution in [0.2, 0.25) is 0 Å². The molecule has 2 heteroatoms. The first-order valence-electron chi connectivity index (χ1n) is 5.78. The summed E-state index contributed by atoms with van der Waals surface area (Å²) in [5.41, 5.74) is 10.0. The predicted octanol–water partition coefficient (Wildman–Crippen LogP) is 2.60. The molecular weight excluding hydrogens is 198 g/mol. The van der Waals surface area contributed by atoms with Gasteiger partial charge in [-0.3, -0.25) is 0 Å². The Morgan fingerprint density at radius 1 is 1.31 bits per heavy atom. The lowest BCUT2D eigenvalue weighted by molar-refractivity contribution is 0.171. The van der Waals surface area contributed by atoms with Crippen molar-refractivity contribution in [2.75, 3.05) is 13.7 Å². The van der Waals surface area contributed by atoms with Crippen LogP contribution in [0, 0.1) is 13.8 Å². The minimum atomic E-state index is -0.186. The van der Waals surface area contributed by atoms with E-state index in [1.807, 2.05) is 0 Å². The number of hydrogen-bond donors (Lipinski definition) is 1. The third-order valence-electron chi connectivity index (χ3n) is 2.98. The first-order chi connectivity index (χ1) is 7.44. The molecule has 16 heavy (non-hydrogen) atoms. The Labute approximate surface area is 98.8 Å². The summed E-state index contributed by atoms with van der Waals surface area (Å²) >= 11 is 0. The van der Waals surface area contributed by atoms with Crippen LogP contribution < -0.4 is 5.73 Å². The van der Waals surface area contributed by atoms with Crippen molar-refractivity contribution in [3.05, 3.63) is 34.9 Å². The first kappa shape index (κ1) is 13.2. The lowest BCUT2D eigenvalue weighted by Gasteiger charge is -2.25. The van der Waals surface area contributed by atoms with Crippen LogP contribution >= 0.6 is 0 Å². The zero-order valence-electron chi connectivity index (χ0n) is 10.8. The van der Waals surface area contributed by atoms with Crippen molar-refractivity contribution in [1.29, 1.82) is 0 Å². The number of nitrogens with two attached hydrogens (primary N) is 1. The smallest absolute Gasteiger partial charge is 0.0479 e. The second-order valence-corrected chi connectivity index (χ2v) is 5.00. The van der Waals surface area contributed by atoms with Crippen LogP contribution in [0.1, 0.15) is 30.0 Å². The van der Waals surface area contributed by atoms with Gasteiger partial charge in [-0.2, -0.15) is 0 Å². The molecule has 0 radical (unpaired) electrons. The number of aryl methyl sites for hydroxylation is 2. The third kappa shape index (κ3) is 3.95. The van der Waals surface area contributed by atoms with Crippen LogP contribution in [0.15, 0.2) is 18.2 Å². The average molecular weight is 221 g/mol. The Bertz CT molecular complexity index is 345. The highest BCUT2D eigenvalue weighted by Crippen LogP contribution is 2.18. The summed E-state index contributed by atoms with van der Waals surface area (Å²) in [6.07, 6.45) is 1.79. The molecule has 0 aliphatic carbocycles. The van der Waals surface area contributed by atoms with Gasteiger partial charge >= 0.3 is 0 Å². The van der Waals surface area contributed by atoms with Crippen LogP contribution in [0.5, 0.6) is 0 Å². The van der Waals surface area contributed by atoms with Gasteiger partial charge in [-0.05, 0) is 44.7 Å². The van der Waals surface area contributed by atoms with E-state index in [0.717, 1.165) is 19.4 Å². The van der Waals surface area contributed by atoms with E-state index in [2.05, 4.69) is 39.0 Å². The third-order valence-corrected chi connectivity index (χ3v) is 2.98. The standard InChI is InChI=1S/C14H23NO/c1-11-5-6-12(2)13(9-11)10-14(3,15)7-8-16-4/h5-6,9H,7-8,10,15H2,1-4H3. The van der Waals surface area contributed by atoms with E-state index >= 15 is 0 Å². The molecule has 2 nitrogen and oxygen atoms in total. The molecule has 1 aromatic carbocycles. The van der Waals surface area contributed by atoms with Crippen molar-refractivity contribution in [3.8, 4) is 0 Å². The van der Waals surface area contributed by atoms with Gasteiger partial charge in [0.15, 0.2) is 0 Å². The first-order valence-corrected chi connectivity index (χ1v) is 5.78. The quantitative estimate of drug-likeness (QED) is 0.829. The molecule has 0 saturated carbocycles. The topological polar surface area (TPSA) is 35.2 Å². The van der Waals surface area contributed by atoms with Gasteiger partial charge in [0.2, 0.25) is 0 Å². The summed E-state index contributed by atoms with van der Waals surface area (Å²) in [7, 11) is 1.72. The Morgan fingerprint density at radius 3 is 2.62 bits per heavy atom. The van der Waals surface area contributed by atoms with E-state index in [4.69, 9.17) is 10.5 Å². The summed E-state index contributed by atoms with van der Waals surface area (Å²) in [5, 5.41) is 0. The number of hydrogen-bond acceptors (Lipinski definition) is 2. The molecule has 0 aromatic heterocycles. The summed E-state index contributed by atoms with van der Waals surface area (Å²) in [5.74, 6) is 0. The number of rotatable bonds is 5. The van der Waals surface area contributed by atoms with Crippen molar-refractivity contribution >= 4 is 0 Å². The minimum absolute atomic E-state index is 0.186. The van der Waals surface area contributed by atoms with E-state index in [9.17, 15) is 0 Å². The molecule has 1 rings (SSSR count). The van der Waals surface area contributed by atoms with E-state index in [1.165, 1.54) is 16.7 Å². The zero-order chi connectivity index (χ0) is 12.2.